The van der Waals surface area contributed by atoms with E-state index in [1.807, 2.05) is 0 Å². The Hall–Kier alpha value is -2.30. The predicted octanol–water partition coefficient (Wildman–Crippen LogP) is 3.47. The van der Waals surface area contributed by atoms with Crippen LogP contribution in [0.5, 0.6) is 0 Å². The van der Waals surface area contributed by atoms with Gasteiger partial charge in [-0.1, -0.05) is 32.0 Å². The quantitative estimate of drug-likeness (QED) is 0.582. The lowest BCUT2D eigenvalue weighted by atomic mass is 10.0. The number of fused-ring (bicyclic) bond motifs is 1. The fraction of sp³-hybridized carbons (Fsp3) is 0.455. The van der Waals surface area contributed by atoms with Gasteiger partial charge in [0.05, 0.1) is 19.2 Å². The van der Waals surface area contributed by atoms with E-state index in [1.54, 1.807) is 11.0 Å². The number of methoxy groups -OCH3 is 1. The lowest BCUT2D eigenvalue weighted by Crippen LogP contribution is -2.35. The van der Waals surface area contributed by atoms with Crippen LogP contribution in [-0.2, 0) is 39.1 Å². The van der Waals surface area contributed by atoms with Crippen LogP contribution >= 0.6 is 11.3 Å². The Morgan fingerprint density at radius 2 is 2.00 bits per heavy atom. The Kier molecular flexibility index (Phi) is 7.68. The van der Waals surface area contributed by atoms with Crippen LogP contribution in [0, 0.1) is 11.7 Å². The van der Waals surface area contributed by atoms with E-state index in [-0.39, 0.29) is 34.3 Å². The number of hydrogen-bond donors (Lipinski definition) is 1. The van der Waals surface area contributed by atoms with Crippen molar-refractivity contribution in [2.45, 2.75) is 50.4 Å². The molecule has 0 spiro atoms. The van der Waals surface area contributed by atoms with Crippen LogP contribution in [0.15, 0.2) is 28.5 Å². The highest BCUT2D eigenvalue weighted by Crippen LogP contribution is 2.37. The summed E-state index contributed by atoms with van der Waals surface area (Å²) in [5.74, 6) is -0.846. The maximum atomic E-state index is 13.9. The lowest BCUT2D eigenvalue weighted by molar-refractivity contribution is -0.132. The molecule has 1 aromatic carbocycles. The summed E-state index contributed by atoms with van der Waals surface area (Å²) < 4.78 is 47.1. The van der Waals surface area contributed by atoms with Crippen LogP contribution in [0.1, 0.15) is 53.1 Å². The van der Waals surface area contributed by atoms with Gasteiger partial charge in [0.2, 0.25) is 5.91 Å². The van der Waals surface area contributed by atoms with Gasteiger partial charge in [0, 0.05) is 30.0 Å². The molecular weight excluding hydrogens is 455 g/mol. The molecule has 0 bridgehead atoms. The van der Waals surface area contributed by atoms with Crippen molar-refractivity contribution < 1.29 is 27.1 Å². The monoisotopic (exact) mass is 482 g/mol. The Morgan fingerprint density at radius 3 is 2.66 bits per heavy atom. The topological polar surface area (TPSA) is 92.8 Å². The third kappa shape index (κ3) is 5.36. The number of esters is 1. The Bertz CT molecular complexity index is 1110. The van der Waals surface area contributed by atoms with E-state index < -0.39 is 21.8 Å². The van der Waals surface area contributed by atoms with Crippen molar-refractivity contribution in [1.82, 2.24) is 9.62 Å². The minimum absolute atomic E-state index is 0.00260. The Labute approximate surface area is 191 Å². The fourth-order valence-corrected chi connectivity index (χ4v) is 6.49. The second-order valence-corrected chi connectivity index (χ2v) is 11.1. The number of thiophene rings is 1. The van der Waals surface area contributed by atoms with Crippen LogP contribution in [0.4, 0.5) is 4.39 Å². The molecule has 1 aliphatic heterocycles. The number of benzene rings is 1. The summed E-state index contributed by atoms with van der Waals surface area (Å²) in [6.07, 6.45) is 1.57. The molecule has 0 saturated carbocycles. The van der Waals surface area contributed by atoms with Crippen molar-refractivity contribution in [2.24, 2.45) is 5.92 Å². The molecule has 0 fully saturated rings. The number of nitrogens with zero attached hydrogens (tertiary/aromatic N) is 1. The summed E-state index contributed by atoms with van der Waals surface area (Å²) in [5.41, 5.74) is 0.794. The van der Waals surface area contributed by atoms with Crippen molar-refractivity contribution in [3.63, 3.8) is 0 Å². The predicted molar refractivity (Wildman–Crippen MR) is 119 cm³/mol. The SMILES string of the molecule is COC(=O)c1c(S(=O)(=O)NCc2ccccc2F)sc2c1CCN(C(=O)CCC(C)C)C2. The number of nitrogens with one attached hydrogen (secondary N) is 1. The standard InChI is InChI=1S/C22H27FN2O5S2/c1-14(2)8-9-19(26)25-11-10-16-18(13-25)31-22(20(16)21(27)30-3)32(28,29)24-12-15-6-4-5-7-17(15)23/h4-7,14,24H,8-13H2,1-3H3. The van der Waals surface area contributed by atoms with E-state index in [0.29, 0.717) is 35.7 Å². The van der Waals surface area contributed by atoms with E-state index in [9.17, 15) is 22.4 Å². The molecule has 0 aliphatic carbocycles. The van der Waals surface area contributed by atoms with Gasteiger partial charge in [0.25, 0.3) is 10.0 Å². The number of amides is 1. The summed E-state index contributed by atoms with van der Waals surface area (Å²) >= 11 is 0.959. The minimum atomic E-state index is -4.12. The Balaban J connectivity index is 1.88. The first kappa shape index (κ1) is 24.3. The summed E-state index contributed by atoms with van der Waals surface area (Å²) in [5, 5.41) is 0. The van der Waals surface area contributed by atoms with Gasteiger partial charge in [0.1, 0.15) is 10.0 Å². The fourth-order valence-electron chi connectivity index (χ4n) is 3.54. The summed E-state index contributed by atoms with van der Waals surface area (Å²) in [6.45, 7) is 4.51. The number of halogens is 1. The molecule has 7 nitrogen and oxygen atoms in total. The van der Waals surface area contributed by atoms with Crippen molar-refractivity contribution in [3.05, 3.63) is 51.7 Å². The van der Waals surface area contributed by atoms with Crippen molar-refractivity contribution in [3.8, 4) is 0 Å². The van der Waals surface area contributed by atoms with Crippen LogP contribution in [0.3, 0.4) is 0 Å². The lowest BCUT2D eigenvalue weighted by Gasteiger charge is -2.27. The van der Waals surface area contributed by atoms with E-state index in [1.165, 1.54) is 25.3 Å². The third-order valence-corrected chi connectivity index (χ3v) is 8.49. The molecular formula is C22H27FN2O5S2. The summed E-state index contributed by atoms with van der Waals surface area (Å²) in [6, 6.07) is 5.86. The first-order valence-corrected chi connectivity index (χ1v) is 12.7. The summed E-state index contributed by atoms with van der Waals surface area (Å²) in [4.78, 5) is 27.4. The molecule has 32 heavy (non-hydrogen) atoms. The van der Waals surface area contributed by atoms with E-state index >= 15 is 0 Å². The second kappa shape index (κ2) is 10.1. The molecule has 0 unspecified atom stereocenters. The number of rotatable bonds is 8. The van der Waals surface area contributed by atoms with Gasteiger partial charge < -0.3 is 9.64 Å². The van der Waals surface area contributed by atoms with E-state index in [2.05, 4.69) is 18.6 Å². The molecule has 2 heterocycles. The zero-order chi connectivity index (χ0) is 23.5. The number of hydrogen-bond acceptors (Lipinski definition) is 6. The highest BCUT2D eigenvalue weighted by atomic mass is 32.2. The van der Waals surface area contributed by atoms with Gasteiger partial charge in [-0.2, -0.15) is 0 Å². The van der Waals surface area contributed by atoms with Gasteiger partial charge in [-0.3, -0.25) is 4.79 Å². The van der Waals surface area contributed by atoms with Gasteiger partial charge in [-0.15, -0.1) is 11.3 Å². The van der Waals surface area contributed by atoms with Gasteiger partial charge in [0.15, 0.2) is 0 Å². The van der Waals surface area contributed by atoms with Gasteiger partial charge in [-0.25, -0.2) is 22.3 Å². The normalized spacial score (nSPS) is 13.8. The molecule has 0 radical (unpaired) electrons. The molecule has 174 valence electrons. The van der Waals surface area contributed by atoms with E-state index in [4.69, 9.17) is 4.74 Å². The van der Waals surface area contributed by atoms with Crippen LogP contribution in [0.25, 0.3) is 0 Å². The molecule has 0 atom stereocenters. The molecule has 10 heteroatoms. The first-order valence-electron chi connectivity index (χ1n) is 10.4. The maximum Gasteiger partial charge on any atom is 0.340 e. The minimum Gasteiger partial charge on any atom is -0.465 e. The number of sulfonamides is 1. The number of carbonyl (C=O) groups excluding carboxylic acids is 2. The average Bonchev–Trinajstić information content (AvgIpc) is 3.16. The highest BCUT2D eigenvalue weighted by molar-refractivity contribution is 7.91. The van der Waals surface area contributed by atoms with Crippen molar-refractivity contribution in [1.29, 1.82) is 0 Å². The highest BCUT2D eigenvalue weighted by Gasteiger charge is 2.34. The number of carbonyl (C=O) groups is 2. The molecule has 3 rings (SSSR count). The second-order valence-electron chi connectivity index (χ2n) is 8.07. The molecule has 2 aromatic rings. The Morgan fingerprint density at radius 1 is 1.28 bits per heavy atom. The van der Waals surface area contributed by atoms with Crippen LogP contribution in [-0.4, -0.2) is 38.8 Å². The van der Waals surface area contributed by atoms with Crippen LogP contribution in [0.2, 0.25) is 0 Å². The zero-order valence-corrected chi connectivity index (χ0v) is 19.9. The average molecular weight is 483 g/mol. The number of ether oxygens (including phenoxy) is 1. The molecule has 0 saturated heterocycles. The smallest absolute Gasteiger partial charge is 0.340 e. The zero-order valence-electron chi connectivity index (χ0n) is 18.3. The third-order valence-electron chi connectivity index (χ3n) is 5.36. The van der Waals surface area contributed by atoms with Crippen LogP contribution < -0.4 is 4.72 Å². The van der Waals surface area contributed by atoms with Crippen molar-refractivity contribution >= 4 is 33.2 Å². The molecule has 1 aromatic heterocycles. The first-order chi connectivity index (χ1) is 15.1. The largest absolute Gasteiger partial charge is 0.465 e. The van der Waals surface area contributed by atoms with Gasteiger partial charge in [-0.05, 0) is 30.4 Å². The molecule has 1 amide bonds. The molecule has 1 aliphatic rings. The van der Waals surface area contributed by atoms with Gasteiger partial charge >= 0.3 is 5.97 Å². The van der Waals surface area contributed by atoms with E-state index in [0.717, 1.165) is 17.8 Å². The molecule has 1 N–H and O–H groups in total. The van der Waals surface area contributed by atoms with Crippen molar-refractivity contribution in [2.75, 3.05) is 13.7 Å². The summed E-state index contributed by atoms with van der Waals surface area (Å²) in [7, 11) is -2.92. The maximum absolute atomic E-state index is 13.9.